The van der Waals surface area contributed by atoms with E-state index >= 15 is 0 Å². The fourth-order valence-corrected chi connectivity index (χ4v) is 3.37. The summed E-state index contributed by atoms with van der Waals surface area (Å²) in [6, 6.07) is 10.8. The first-order chi connectivity index (χ1) is 11.8. The number of ether oxygens (including phenoxy) is 1. The number of benzene rings is 1. The van der Waals surface area contributed by atoms with Crippen LogP contribution in [0.4, 0.5) is 11.5 Å². The first-order valence-corrected chi connectivity index (χ1v) is 8.80. The molecule has 126 valence electrons. The van der Waals surface area contributed by atoms with E-state index in [0.29, 0.717) is 12.0 Å². The Bertz CT molecular complexity index is 693. The number of rotatable bonds is 5. The van der Waals surface area contributed by atoms with Crippen molar-refractivity contribution in [1.29, 1.82) is 0 Å². The highest BCUT2D eigenvalue weighted by Crippen LogP contribution is 2.39. The summed E-state index contributed by atoms with van der Waals surface area (Å²) in [6.07, 6.45) is 6.48. The molecule has 2 heterocycles. The molecule has 1 saturated carbocycles. The van der Waals surface area contributed by atoms with Gasteiger partial charge in [0, 0.05) is 36.8 Å². The molecular weight excluding hydrogens is 300 g/mol. The SMILES string of the molecule is COc1ccccc1NC1CCN(c2cc(C3CC3)ncn2)CC1. The minimum absolute atomic E-state index is 0.474. The molecule has 0 atom stereocenters. The third-order valence-corrected chi connectivity index (χ3v) is 4.95. The lowest BCUT2D eigenvalue weighted by molar-refractivity contribution is 0.415. The zero-order valence-corrected chi connectivity index (χ0v) is 14.1. The summed E-state index contributed by atoms with van der Waals surface area (Å²) < 4.78 is 5.43. The molecular formula is C19H24N4O. The number of hydrogen-bond donors (Lipinski definition) is 1. The summed E-state index contributed by atoms with van der Waals surface area (Å²) in [5, 5.41) is 3.63. The Labute approximate surface area is 143 Å². The highest BCUT2D eigenvalue weighted by Gasteiger charge is 2.27. The molecule has 0 unspecified atom stereocenters. The monoisotopic (exact) mass is 324 g/mol. The molecule has 5 nitrogen and oxygen atoms in total. The Morgan fingerprint density at radius 3 is 2.62 bits per heavy atom. The van der Waals surface area contributed by atoms with Crippen molar-refractivity contribution in [2.75, 3.05) is 30.4 Å². The van der Waals surface area contributed by atoms with Gasteiger partial charge in [0.05, 0.1) is 12.8 Å². The standard InChI is InChI=1S/C19H24N4O/c1-24-18-5-3-2-4-16(18)22-15-8-10-23(11-9-15)19-12-17(14-6-7-14)20-13-21-19/h2-5,12-15,22H,6-11H2,1H3. The molecule has 1 saturated heterocycles. The van der Waals surface area contributed by atoms with Crippen molar-refractivity contribution in [2.24, 2.45) is 0 Å². The molecule has 0 amide bonds. The van der Waals surface area contributed by atoms with Crippen molar-refractivity contribution >= 4 is 11.5 Å². The normalized spacial score (nSPS) is 18.5. The van der Waals surface area contributed by atoms with Gasteiger partial charge in [-0.15, -0.1) is 0 Å². The van der Waals surface area contributed by atoms with Gasteiger partial charge in [-0.05, 0) is 37.8 Å². The van der Waals surface area contributed by atoms with Crippen molar-refractivity contribution in [1.82, 2.24) is 9.97 Å². The molecule has 5 heteroatoms. The summed E-state index contributed by atoms with van der Waals surface area (Å²) >= 11 is 0. The van der Waals surface area contributed by atoms with Crippen molar-refractivity contribution in [2.45, 2.75) is 37.6 Å². The predicted octanol–water partition coefficient (Wildman–Crippen LogP) is 3.44. The number of hydrogen-bond acceptors (Lipinski definition) is 5. The molecule has 0 radical (unpaired) electrons. The third kappa shape index (κ3) is 3.30. The van der Waals surface area contributed by atoms with Crippen LogP contribution < -0.4 is 15.0 Å². The number of nitrogens with one attached hydrogen (secondary N) is 1. The number of nitrogens with zero attached hydrogens (tertiary/aromatic N) is 3. The summed E-state index contributed by atoms with van der Waals surface area (Å²) in [5.74, 6) is 2.67. The van der Waals surface area contributed by atoms with E-state index in [1.807, 2.05) is 18.2 Å². The molecule has 2 aromatic rings. The lowest BCUT2D eigenvalue weighted by Gasteiger charge is -2.34. The van der Waals surface area contributed by atoms with E-state index in [0.717, 1.165) is 43.2 Å². The summed E-state index contributed by atoms with van der Waals surface area (Å²) in [4.78, 5) is 11.3. The predicted molar refractivity (Wildman–Crippen MR) is 95.9 cm³/mol. The Balaban J connectivity index is 1.37. The fraction of sp³-hybridized carbons (Fsp3) is 0.474. The van der Waals surface area contributed by atoms with Gasteiger partial charge < -0.3 is 15.0 Å². The van der Waals surface area contributed by atoms with Crippen molar-refractivity contribution < 1.29 is 4.74 Å². The van der Waals surface area contributed by atoms with Crippen LogP contribution in [0.25, 0.3) is 0 Å². The van der Waals surface area contributed by atoms with Crippen LogP contribution in [0.15, 0.2) is 36.7 Å². The second kappa shape index (κ2) is 6.67. The largest absolute Gasteiger partial charge is 0.495 e. The van der Waals surface area contributed by atoms with Crippen LogP contribution in [-0.4, -0.2) is 36.2 Å². The van der Waals surface area contributed by atoms with E-state index < -0.39 is 0 Å². The zero-order valence-electron chi connectivity index (χ0n) is 14.1. The van der Waals surface area contributed by atoms with Crippen LogP contribution in [0.3, 0.4) is 0 Å². The lowest BCUT2D eigenvalue weighted by atomic mass is 10.0. The second-order valence-corrected chi connectivity index (χ2v) is 6.68. The van der Waals surface area contributed by atoms with Crippen LogP contribution in [0.2, 0.25) is 0 Å². The Kier molecular flexibility index (Phi) is 4.24. The van der Waals surface area contributed by atoms with Crippen molar-refractivity contribution in [3.05, 3.63) is 42.4 Å². The minimum atomic E-state index is 0.474. The van der Waals surface area contributed by atoms with Crippen molar-refractivity contribution in [3.63, 3.8) is 0 Å². The zero-order chi connectivity index (χ0) is 16.4. The third-order valence-electron chi connectivity index (χ3n) is 4.95. The maximum atomic E-state index is 5.43. The molecule has 24 heavy (non-hydrogen) atoms. The van der Waals surface area contributed by atoms with Crippen molar-refractivity contribution in [3.8, 4) is 5.75 Å². The Morgan fingerprint density at radius 1 is 1.08 bits per heavy atom. The first-order valence-electron chi connectivity index (χ1n) is 8.80. The molecule has 1 aromatic heterocycles. The number of para-hydroxylation sites is 2. The van der Waals surface area contributed by atoms with Gasteiger partial charge in [0.15, 0.2) is 0 Å². The molecule has 0 bridgehead atoms. The maximum Gasteiger partial charge on any atom is 0.141 e. The second-order valence-electron chi connectivity index (χ2n) is 6.68. The molecule has 2 aliphatic rings. The molecule has 2 fully saturated rings. The number of piperidine rings is 1. The Hall–Kier alpha value is -2.30. The molecule has 1 aliphatic heterocycles. The molecule has 1 N–H and O–H groups in total. The van der Waals surface area contributed by atoms with Crippen LogP contribution in [0.1, 0.15) is 37.3 Å². The highest BCUT2D eigenvalue weighted by atomic mass is 16.5. The van der Waals surface area contributed by atoms with Crippen LogP contribution in [-0.2, 0) is 0 Å². The summed E-state index contributed by atoms with van der Waals surface area (Å²) in [7, 11) is 1.72. The number of anilines is 2. The minimum Gasteiger partial charge on any atom is -0.495 e. The van der Waals surface area contributed by atoms with Gasteiger partial charge in [0.2, 0.25) is 0 Å². The quantitative estimate of drug-likeness (QED) is 0.913. The number of methoxy groups -OCH3 is 1. The first kappa shape index (κ1) is 15.2. The van der Waals surface area contributed by atoms with E-state index in [-0.39, 0.29) is 0 Å². The topological polar surface area (TPSA) is 50.3 Å². The van der Waals surface area contributed by atoms with Gasteiger partial charge in [-0.3, -0.25) is 0 Å². The van der Waals surface area contributed by atoms with Gasteiger partial charge in [-0.25, -0.2) is 9.97 Å². The molecule has 1 aromatic carbocycles. The smallest absolute Gasteiger partial charge is 0.141 e. The summed E-state index contributed by atoms with van der Waals surface area (Å²) in [5.41, 5.74) is 2.30. The summed E-state index contributed by atoms with van der Waals surface area (Å²) in [6.45, 7) is 2.04. The van der Waals surface area contributed by atoms with Crippen LogP contribution >= 0.6 is 0 Å². The van der Waals surface area contributed by atoms with Gasteiger partial charge >= 0.3 is 0 Å². The molecule has 4 rings (SSSR count). The van der Waals surface area contributed by atoms with E-state index in [2.05, 4.69) is 32.3 Å². The lowest BCUT2D eigenvalue weighted by Crippen LogP contribution is -2.39. The van der Waals surface area contributed by atoms with Gasteiger partial charge in [-0.2, -0.15) is 0 Å². The fourth-order valence-electron chi connectivity index (χ4n) is 3.37. The van der Waals surface area contributed by atoms with E-state index in [4.69, 9.17) is 4.74 Å². The Morgan fingerprint density at radius 2 is 1.88 bits per heavy atom. The van der Waals surface area contributed by atoms with Gasteiger partial charge in [0.1, 0.15) is 17.9 Å². The van der Waals surface area contributed by atoms with E-state index in [1.165, 1.54) is 18.5 Å². The van der Waals surface area contributed by atoms with Crippen LogP contribution in [0.5, 0.6) is 5.75 Å². The number of aromatic nitrogens is 2. The average Bonchev–Trinajstić information content (AvgIpc) is 3.48. The average molecular weight is 324 g/mol. The van der Waals surface area contributed by atoms with E-state index in [9.17, 15) is 0 Å². The highest BCUT2D eigenvalue weighted by molar-refractivity contribution is 5.57. The van der Waals surface area contributed by atoms with Crippen LogP contribution in [0, 0.1) is 0 Å². The molecule has 0 spiro atoms. The van der Waals surface area contributed by atoms with Gasteiger partial charge in [0.25, 0.3) is 0 Å². The molecule has 1 aliphatic carbocycles. The maximum absolute atomic E-state index is 5.43. The van der Waals surface area contributed by atoms with E-state index in [1.54, 1.807) is 13.4 Å². The van der Waals surface area contributed by atoms with Gasteiger partial charge in [-0.1, -0.05) is 12.1 Å².